The molecule has 21 nitrogen and oxygen atoms in total. The van der Waals surface area contributed by atoms with Crippen LogP contribution in [0.25, 0.3) is 16.0 Å². The number of aliphatic hydroxyl groups is 1. The topological polar surface area (TPSA) is 246 Å². The van der Waals surface area contributed by atoms with E-state index in [2.05, 4.69) is 64.5 Å². The number of amides is 4. The number of hydrogen-bond acceptors (Lipinski definition) is 19. The van der Waals surface area contributed by atoms with E-state index in [1.54, 1.807) is 23.5 Å². The number of hydrogen-bond donors (Lipinski definition) is 5. The summed E-state index contributed by atoms with van der Waals surface area (Å²) in [6, 6.07) is 31.5. The number of nitrogens with zero attached hydrogens (tertiary/aromatic N) is 7. The quantitative estimate of drug-likeness (QED) is 0.0287. The summed E-state index contributed by atoms with van der Waals surface area (Å²) in [4.78, 5) is 73.1. The molecule has 5 aliphatic rings. The fourth-order valence-electron chi connectivity index (χ4n) is 14.9. The maximum atomic E-state index is 14.4. The van der Waals surface area contributed by atoms with Crippen molar-refractivity contribution in [3.05, 3.63) is 160 Å². The van der Waals surface area contributed by atoms with Gasteiger partial charge in [-0.2, -0.15) is 13.2 Å². The van der Waals surface area contributed by atoms with Crippen LogP contribution in [0.2, 0.25) is 5.02 Å². The fraction of sp³-hybridized carbons (Fsp3) is 0.500. The molecule has 6 atom stereocenters. The van der Waals surface area contributed by atoms with Gasteiger partial charge in [0.25, 0.3) is 25.8 Å². The Morgan fingerprint density at radius 1 is 0.794 bits per heavy atom. The van der Waals surface area contributed by atoms with Gasteiger partial charge >= 0.3 is 5.51 Å². The van der Waals surface area contributed by atoms with E-state index in [4.69, 9.17) is 16.3 Å². The number of ether oxygens (including phenoxy) is 1. The maximum Gasteiger partial charge on any atom is 0.501 e. The Morgan fingerprint density at radius 3 is 2.10 bits per heavy atom. The minimum Gasteiger partial charge on any atom is -0.391 e. The first-order valence-electron chi connectivity index (χ1n) is 36.7. The monoisotopic (exact) mass is 1570 g/mol. The van der Waals surface area contributed by atoms with Crippen LogP contribution < -0.4 is 25.6 Å². The minimum absolute atomic E-state index is 0.000565. The smallest absolute Gasteiger partial charge is 0.391 e. The van der Waals surface area contributed by atoms with Crippen molar-refractivity contribution < 1.29 is 59.0 Å². The number of aryl methyl sites for hydroxylation is 1. The Hall–Kier alpha value is -6.96. The largest absolute Gasteiger partial charge is 0.501 e. The van der Waals surface area contributed by atoms with Crippen LogP contribution in [0.3, 0.4) is 0 Å². The lowest BCUT2D eigenvalue weighted by Crippen LogP contribution is -2.57. The molecular formula is C78H99ClF3N11O10S4. The fourth-order valence-corrected chi connectivity index (χ4v) is 18.9. The first kappa shape index (κ1) is 81.0. The van der Waals surface area contributed by atoms with Crippen molar-refractivity contribution in [3.8, 4) is 10.4 Å². The third-order valence-electron chi connectivity index (χ3n) is 21.1. The van der Waals surface area contributed by atoms with Gasteiger partial charge in [0.15, 0.2) is 0 Å². The predicted octanol–water partition coefficient (Wildman–Crippen LogP) is 11.0. The molecule has 5 N–H and O–H groups in total. The number of morpholine rings is 1. The second-order valence-electron chi connectivity index (χ2n) is 30.2. The summed E-state index contributed by atoms with van der Waals surface area (Å²) >= 11 is 9.42. The van der Waals surface area contributed by atoms with E-state index in [9.17, 15) is 54.3 Å². The number of β-amino-alcohol motifs (C(OH)–C–C–N with tert-alkyl or cyclic N) is 1. The molecule has 4 saturated heterocycles. The first-order chi connectivity index (χ1) is 50.9. The number of sulfonamides is 1. The molecule has 5 heterocycles. The average molecular weight is 1570 g/mol. The van der Waals surface area contributed by atoms with Gasteiger partial charge in [-0.3, -0.25) is 29.0 Å². The van der Waals surface area contributed by atoms with E-state index in [1.165, 1.54) is 39.9 Å². The number of benzene rings is 5. The Labute approximate surface area is 640 Å². The molecule has 0 spiro atoms. The molecule has 4 aliphatic heterocycles. The number of allylic oxidation sites excluding steroid dienone is 1. The third kappa shape index (κ3) is 21.1. The van der Waals surface area contributed by atoms with Crippen LogP contribution in [-0.2, 0) is 39.0 Å². The van der Waals surface area contributed by atoms with Crippen molar-refractivity contribution in [2.75, 3.05) is 127 Å². The predicted molar refractivity (Wildman–Crippen MR) is 415 cm³/mol. The van der Waals surface area contributed by atoms with E-state index in [-0.39, 0.29) is 48.2 Å². The summed E-state index contributed by atoms with van der Waals surface area (Å²) in [5, 5.41) is 20.6. The molecule has 0 radical (unpaired) electrons. The zero-order chi connectivity index (χ0) is 76.4. The maximum absolute atomic E-state index is 14.4. The van der Waals surface area contributed by atoms with Gasteiger partial charge in [-0.05, 0) is 152 Å². The molecule has 1 unspecified atom stereocenters. The summed E-state index contributed by atoms with van der Waals surface area (Å²) in [6.07, 6.45) is 3.29. The highest BCUT2D eigenvalue weighted by Crippen LogP contribution is 2.45. The SMILES string of the molecule is Cc1ncsc1-c1ccc([C@H](C)NC(=O)[C@@H]2C[C@@H](O)CN2C(=O)[C@@H](NC(=O)CCCN2CCN(CC3(C)CCC(c4ccc(Cl)cc4)=C(CN4CCN(c5ccc(C(=O)NS(=O)(=O)c6ccc(N[C@H](CCN7CCOCC7)CSc7ccccc7)c(S(=O)(=O)C(F)(F)F)c6)cc5)CC4)C3)CC2)C(C)(C)C)cc1. The van der Waals surface area contributed by atoms with Crippen molar-refractivity contribution >= 4 is 95.1 Å². The lowest BCUT2D eigenvalue weighted by Gasteiger charge is -2.44. The van der Waals surface area contributed by atoms with Crippen LogP contribution in [0.1, 0.15) is 113 Å². The highest BCUT2D eigenvalue weighted by atomic mass is 35.5. The molecule has 578 valence electrons. The van der Waals surface area contributed by atoms with Crippen molar-refractivity contribution in [2.45, 2.75) is 137 Å². The van der Waals surface area contributed by atoms with E-state index in [1.807, 2.05) is 112 Å². The molecule has 0 saturated carbocycles. The first-order valence-corrected chi connectivity index (χ1v) is 41.9. The van der Waals surface area contributed by atoms with Crippen molar-refractivity contribution in [3.63, 3.8) is 0 Å². The summed E-state index contributed by atoms with van der Waals surface area (Å²) < 4.78 is 105. The van der Waals surface area contributed by atoms with Crippen molar-refractivity contribution in [2.24, 2.45) is 10.8 Å². The van der Waals surface area contributed by atoms with Crippen molar-refractivity contribution in [1.82, 2.24) is 44.8 Å². The van der Waals surface area contributed by atoms with Gasteiger partial charge in [0.1, 0.15) is 17.0 Å². The van der Waals surface area contributed by atoms with Gasteiger partial charge in [0, 0.05) is 137 Å². The number of likely N-dealkylation sites (tertiary alicyclic amines) is 1. The van der Waals surface area contributed by atoms with Crippen LogP contribution in [0.5, 0.6) is 0 Å². The van der Waals surface area contributed by atoms with Crippen LogP contribution in [0, 0.1) is 17.8 Å². The number of anilines is 2. The highest BCUT2D eigenvalue weighted by molar-refractivity contribution is 7.99. The lowest BCUT2D eigenvalue weighted by atomic mass is 9.71. The number of aliphatic hydroxyl groups excluding tert-OH is 1. The Balaban J connectivity index is 0.650. The minimum atomic E-state index is -6.11. The van der Waals surface area contributed by atoms with Gasteiger partial charge in [-0.15, -0.1) is 23.1 Å². The summed E-state index contributed by atoms with van der Waals surface area (Å²) in [6.45, 7) is 23.6. The van der Waals surface area contributed by atoms with Crippen molar-refractivity contribution in [1.29, 1.82) is 0 Å². The molecule has 1 aliphatic carbocycles. The molecule has 29 heteroatoms. The van der Waals surface area contributed by atoms with E-state index < -0.39 is 82.3 Å². The Bertz CT molecular complexity index is 4320. The zero-order valence-corrected chi connectivity index (χ0v) is 65.6. The molecule has 0 bridgehead atoms. The summed E-state index contributed by atoms with van der Waals surface area (Å²) in [5.41, 5.74) is 2.49. The van der Waals surface area contributed by atoms with Gasteiger partial charge < -0.3 is 45.4 Å². The van der Waals surface area contributed by atoms with E-state index in [0.717, 1.165) is 128 Å². The Kier molecular flexibility index (Phi) is 26.8. The number of alkyl halides is 3. The molecule has 4 amide bonds. The molecular weight excluding hydrogens is 1470 g/mol. The summed E-state index contributed by atoms with van der Waals surface area (Å²) in [7, 11) is -11.0. The second-order valence-corrected chi connectivity index (χ2v) is 36.2. The number of nitrogens with one attached hydrogen (secondary N) is 4. The van der Waals surface area contributed by atoms with E-state index >= 15 is 0 Å². The number of halogens is 4. The van der Waals surface area contributed by atoms with Gasteiger partial charge in [0.2, 0.25) is 17.7 Å². The normalized spacial score (nSPS) is 20.7. The standard InChI is InChI=1S/C78H99ClF3N11O10S4/c1-53(55-14-16-57(17-15-55)71-54(2)83-52-105-71)84-74(97)68-45-63(94)49-93(68)75(98)72(76(3,4)5)86-70(95)13-10-31-88-33-35-91(36-34-88)51-77(6)30-28-66(56-18-22-60(79)23-19-56)59(47-77)48-90-37-39-92(40-38-90)62-24-20-58(21-25-62)73(96)87-107(101,102)65-26-27-67(69(46-65)106(99,100)78(80,81)82)85-61(29-32-89-41-43-103-44-42-89)50-104-64-11-8-7-9-12-64/h7-9,11-12,14-27,46,52-53,61,63,68,72,85,94H,10,13,28-45,47-51H2,1-6H3,(H,84,97)(H,86,95)(H,87,96)/t53-,61+,63+,68-,72+,77?/m0/s1. The van der Waals surface area contributed by atoms with Crippen LogP contribution in [0.15, 0.2) is 147 Å². The highest BCUT2D eigenvalue weighted by Gasteiger charge is 2.49. The number of aromatic nitrogens is 1. The number of thiazole rings is 1. The number of rotatable bonds is 28. The van der Waals surface area contributed by atoms with Gasteiger partial charge in [0.05, 0.1) is 52.0 Å². The zero-order valence-electron chi connectivity index (χ0n) is 61.6. The molecule has 4 fully saturated rings. The third-order valence-corrected chi connectivity index (χ3v) is 26.3. The van der Waals surface area contributed by atoms with Crippen LogP contribution in [-0.4, -0.2) is 222 Å². The summed E-state index contributed by atoms with van der Waals surface area (Å²) in [5.74, 6) is -1.71. The molecule has 5 aromatic carbocycles. The Morgan fingerprint density at radius 2 is 1.45 bits per heavy atom. The number of carbonyl (C=O) groups excluding carboxylic acids is 4. The molecule has 6 aromatic rings. The van der Waals surface area contributed by atoms with E-state index in [0.29, 0.717) is 75.6 Å². The van der Waals surface area contributed by atoms with Crippen LogP contribution in [0.4, 0.5) is 24.5 Å². The number of carbonyl (C=O) groups is 4. The van der Waals surface area contributed by atoms with Gasteiger partial charge in [-0.25, -0.2) is 26.5 Å². The lowest BCUT2D eigenvalue weighted by molar-refractivity contribution is -0.144. The van der Waals surface area contributed by atoms with Gasteiger partial charge in [-0.1, -0.05) is 99.5 Å². The number of sulfone groups is 1. The van der Waals surface area contributed by atoms with Crippen LogP contribution >= 0.6 is 34.7 Å². The molecule has 107 heavy (non-hydrogen) atoms. The number of thioether (sulfide) groups is 1. The second kappa shape index (κ2) is 35.4. The number of piperazine rings is 2. The molecule has 11 rings (SSSR count). The average Bonchev–Trinajstić information content (AvgIpc) is 1.48. The molecule has 1 aromatic heterocycles.